The van der Waals surface area contributed by atoms with Gasteiger partial charge in [0.25, 0.3) is 0 Å². The molecule has 1 aliphatic heterocycles. The van der Waals surface area contributed by atoms with E-state index in [4.69, 9.17) is 4.74 Å². The third-order valence-corrected chi connectivity index (χ3v) is 4.18. The fourth-order valence-electron chi connectivity index (χ4n) is 3.17. The lowest BCUT2D eigenvalue weighted by Crippen LogP contribution is -2.31. The van der Waals surface area contributed by atoms with Crippen molar-refractivity contribution in [2.45, 2.75) is 39.8 Å². The molecule has 0 aromatic heterocycles. The Labute approximate surface area is 149 Å². The van der Waals surface area contributed by atoms with Crippen LogP contribution in [0.25, 0.3) is 0 Å². The van der Waals surface area contributed by atoms with Crippen molar-refractivity contribution in [1.29, 1.82) is 0 Å². The second kappa shape index (κ2) is 7.35. The van der Waals surface area contributed by atoms with Crippen LogP contribution in [0, 0.1) is 0 Å². The average Bonchev–Trinajstić information content (AvgIpc) is 2.53. The fourth-order valence-corrected chi connectivity index (χ4v) is 3.17. The van der Waals surface area contributed by atoms with Crippen LogP contribution in [0.3, 0.4) is 0 Å². The summed E-state index contributed by atoms with van der Waals surface area (Å²) in [7, 11) is 0. The SMILES string of the molecule is CCOC(=O)C1=C(C)NC(C)=C(C(C)=O)C1c1cccc(C(F)(F)F)c1. The molecule has 0 saturated carbocycles. The summed E-state index contributed by atoms with van der Waals surface area (Å²) in [6, 6.07) is 4.67. The normalized spacial score (nSPS) is 17.9. The van der Waals surface area contributed by atoms with E-state index >= 15 is 0 Å². The molecule has 1 aromatic rings. The number of hydrogen-bond donors (Lipinski definition) is 1. The van der Waals surface area contributed by atoms with Gasteiger partial charge in [-0.25, -0.2) is 4.79 Å². The summed E-state index contributed by atoms with van der Waals surface area (Å²) in [6.45, 7) is 6.36. The zero-order valence-corrected chi connectivity index (χ0v) is 15.0. The van der Waals surface area contributed by atoms with Gasteiger partial charge in [0.15, 0.2) is 5.78 Å². The fraction of sp³-hybridized carbons (Fsp3) is 0.368. The number of halogens is 3. The van der Waals surface area contributed by atoms with Crippen molar-refractivity contribution in [3.05, 3.63) is 57.9 Å². The molecule has 1 heterocycles. The number of ketones is 1. The summed E-state index contributed by atoms with van der Waals surface area (Å²) in [6.07, 6.45) is -4.53. The topological polar surface area (TPSA) is 55.4 Å². The van der Waals surface area contributed by atoms with Gasteiger partial charge >= 0.3 is 12.1 Å². The van der Waals surface area contributed by atoms with E-state index in [0.717, 1.165) is 12.1 Å². The molecule has 0 bridgehead atoms. The molecule has 2 rings (SSSR count). The number of hydrogen-bond acceptors (Lipinski definition) is 4. The van der Waals surface area contributed by atoms with Gasteiger partial charge in [0.05, 0.1) is 17.7 Å². The number of esters is 1. The van der Waals surface area contributed by atoms with Crippen LogP contribution in [-0.4, -0.2) is 18.4 Å². The average molecular weight is 367 g/mol. The quantitative estimate of drug-likeness (QED) is 0.815. The molecule has 1 N–H and O–H groups in total. The van der Waals surface area contributed by atoms with Crippen LogP contribution in [0.4, 0.5) is 13.2 Å². The van der Waals surface area contributed by atoms with E-state index in [-0.39, 0.29) is 29.1 Å². The van der Waals surface area contributed by atoms with E-state index in [9.17, 15) is 22.8 Å². The Morgan fingerprint density at radius 2 is 1.77 bits per heavy atom. The number of alkyl halides is 3. The van der Waals surface area contributed by atoms with Gasteiger partial charge < -0.3 is 10.1 Å². The van der Waals surface area contributed by atoms with Crippen molar-refractivity contribution in [3.8, 4) is 0 Å². The molecule has 0 aliphatic carbocycles. The molecular formula is C19H20F3NO3. The summed E-state index contributed by atoms with van der Waals surface area (Å²) >= 11 is 0. The van der Waals surface area contributed by atoms with Crippen molar-refractivity contribution < 1.29 is 27.5 Å². The number of dihydropyridines is 1. The van der Waals surface area contributed by atoms with Gasteiger partial charge in [0.1, 0.15) is 0 Å². The third-order valence-electron chi connectivity index (χ3n) is 4.18. The van der Waals surface area contributed by atoms with Crippen molar-refractivity contribution in [3.63, 3.8) is 0 Å². The predicted octanol–water partition coefficient (Wildman–Crippen LogP) is 4.09. The Balaban J connectivity index is 2.69. The molecule has 4 nitrogen and oxygen atoms in total. The highest BCUT2D eigenvalue weighted by molar-refractivity contribution is 6.02. The maximum Gasteiger partial charge on any atom is 0.416 e. The lowest BCUT2D eigenvalue weighted by molar-refractivity contribution is -0.139. The van der Waals surface area contributed by atoms with E-state index in [0.29, 0.717) is 11.4 Å². The number of ether oxygens (including phenoxy) is 1. The van der Waals surface area contributed by atoms with E-state index < -0.39 is 23.6 Å². The van der Waals surface area contributed by atoms with Gasteiger partial charge in [0, 0.05) is 22.9 Å². The summed E-state index contributed by atoms with van der Waals surface area (Å²) < 4.78 is 44.4. The first kappa shape index (κ1) is 19.8. The van der Waals surface area contributed by atoms with E-state index in [1.807, 2.05) is 0 Å². The molecule has 0 radical (unpaired) electrons. The minimum atomic E-state index is -4.53. The molecule has 1 unspecified atom stereocenters. The smallest absolute Gasteiger partial charge is 0.416 e. The number of benzene rings is 1. The molecule has 0 saturated heterocycles. The summed E-state index contributed by atoms with van der Waals surface area (Å²) in [5, 5.41) is 2.96. The van der Waals surface area contributed by atoms with Crippen LogP contribution in [0.5, 0.6) is 0 Å². The number of carbonyl (C=O) groups excluding carboxylic acids is 2. The van der Waals surface area contributed by atoms with Gasteiger partial charge in [-0.15, -0.1) is 0 Å². The third kappa shape index (κ3) is 3.81. The first-order valence-electron chi connectivity index (χ1n) is 8.11. The van der Waals surface area contributed by atoms with E-state index in [1.165, 1.54) is 19.1 Å². The monoisotopic (exact) mass is 367 g/mol. The van der Waals surface area contributed by atoms with Gasteiger partial charge in [-0.2, -0.15) is 13.2 Å². The van der Waals surface area contributed by atoms with Crippen molar-refractivity contribution in [1.82, 2.24) is 5.32 Å². The second-order valence-corrected chi connectivity index (χ2v) is 6.04. The molecule has 0 amide bonds. The van der Waals surface area contributed by atoms with E-state index in [2.05, 4.69) is 5.32 Å². The van der Waals surface area contributed by atoms with Crippen LogP contribution in [0.15, 0.2) is 46.8 Å². The standard InChI is InChI=1S/C19H20F3NO3/c1-5-26-18(25)16-11(3)23-10(2)15(12(4)24)17(16)13-7-6-8-14(9-13)19(20,21)22/h6-9,17,23H,5H2,1-4H3. The summed E-state index contributed by atoms with van der Waals surface area (Å²) in [5.74, 6) is -1.91. The number of Topliss-reactive ketones (excluding diaryl/α,β-unsaturated/α-hetero) is 1. The molecule has 7 heteroatoms. The summed E-state index contributed by atoms with van der Waals surface area (Å²) in [5.41, 5.74) is 0.724. The molecule has 140 valence electrons. The van der Waals surface area contributed by atoms with Crippen LogP contribution in [-0.2, 0) is 20.5 Å². The lowest BCUT2D eigenvalue weighted by atomic mass is 9.78. The van der Waals surface area contributed by atoms with Gasteiger partial charge in [-0.3, -0.25) is 4.79 Å². The number of rotatable bonds is 4. The maximum absolute atomic E-state index is 13.1. The Bertz CT molecular complexity index is 806. The zero-order chi connectivity index (χ0) is 19.6. The van der Waals surface area contributed by atoms with Gasteiger partial charge in [-0.1, -0.05) is 18.2 Å². The van der Waals surface area contributed by atoms with Crippen molar-refractivity contribution in [2.75, 3.05) is 6.61 Å². The molecule has 1 aromatic carbocycles. The van der Waals surface area contributed by atoms with Gasteiger partial charge in [0.2, 0.25) is 0 Å². The van der Waals surface area contributed by atoms with E-state index in [1.54, 1.807) is 20.8 Å². The summed E-state index contributed by atoms with van der Waals surface area (Å²) in [4.78, 5) is 24.7. The highest BCUT2D eigenvalue weighted by Crippen LogP contribution is 2.40. The molecule has 0 fully saturated rings. The Morgan fingerprint density at radius 3 is 2.31 bits per heavy atom. The Morgan fingerprint density at radius 1 is 1.15 bits per heavy atom. The number of carbonyl (C=O) groups is 2. The highest BCUT2D eigenvalue weighted by Gasteiger charge is 2.37. The van der Waals surface area contributed by atoms with Gasteiger partial charge in [-0.05, 0) is 39.3 Å². The van der Waals surface area contributed by atoms with Crippen LogP contribution < -0.4 is 5.32 Å². The molecule has 26 heavy (non-hydrogen) atoms. The largest absolute Gasteiger partial charge is 0.463 e. The van der Waals surface area contributed by atoms with Crippen molar-refractivity contribution >= 4 is 11.8 Å². The zero-order valence-electron chi connectivity index (χ0n) is 15.0. The molecule has 1 aliphatic rings. The lowest BCUT2D eigenvalue weighted by Gasteiger charge is -2.30. The second-order valence-electron chi connectivity index (χ2n) is 6.04. The van der Waals surface area contributed by atoms with Crippen LogP contribution in [0.2, 0.25) is 0 Å². The number of allylic oxidation sites excluding steroid dienone is 3. The first-order chi connectivity index (χ1) is 12.1. The molecular weight excluding hydrogens is 347 g/mol. The first-order valence-corrected chi connectivity index (χ1v) is 8.11. The minimum Gasteiger partial charge on any atom is -0.463 e. The highest BCUT2D eigenvalue weighted by atomic mass is 19.4. The molecule has 1 atom stereocenters. The van der Waals surface area contributed by atoms with Crippen molar-refractivity contribution in [2.24, 2.45) is 0 Å². The van der Waals surface area contributed by atoms with Crippen LogP contribution in [0.1, 0.15) is 44.7 Å². The molecule has 0 spiro atoms. The van der Waals surface area contributed by atoms with Crippen LogP contribution >= 0.6 is 0 Å². The minimum absolute atomic E-state index is 0.114. The maximum atomic E-state index is 13.1. The number of nitrogens with one attached hydrogen (secondary N) is 1. The predicted molar refractivity (Wildman–Crippen MR) is 90.0 cm³/mol. The Hall–Kier alpha value is -2.57. The Kier molecular flexibility index (Phi) is 5.59.